The smallest absolute Gasteiger partial charge is 0.129 e. The molecule has 0 bridgehead atoms. The zero-order chi connectivity index (χ0) is 13.2. The Bertz CT molecular complexity index is 400. The largest absolute Gasteiger partial charge is 0.386 e. The van der Waals surface area contributed by atoms with Crippen LogP contribution in [0.5, 0.6) is 0 Å². The summed E-state index contributed by atoms with van der Waals surface area (Å²) in [5.74, 6) is 0.441. The zero-order valence-corrected chi connectivity index (χ0v) is 11.3. The molecule has 100 valence electrons. The van der Waals surface area contributed by atoms with E-state index in [0.29, 0.717) is 5.82 Å². The van der Waals surface area contributed by atoms with Gasteiger partial charge in [0.1, 0.15) is 11.9 Å². The van der Waals surface area contributed by atoms with Crippen LogP contribution in [0.15, 0.2) is 18.3 Å². The van der Waals surface area contributed by atoms with Gasteiger partial charge in [-0.25, -0.2) is 4.98 Å². The average molecular weight is 249 g/mol. The van der Waals surface area contributed by atoms with Crippen molar-refractivity contribution in [2.45, 2.75) is 43.7 Å². The molecule has 1 aliphatic rings. The molecule has 1 aromatic rings. The normalized spacial score (nSPS) is 20.9. The molecule has 0 spiro atoms. The Hall–Kier alpha value is -1.13. The topological polar surface area (TPSA) is 62.4 Å². The van der Waals surface area contributed by atoms with E-state index in [-0.39, 0.29) is 5.54 Å². The van der Waals surface area contributed by atoms with Crippen LogP contribution in [0.1, 0.15) is 43.8 Å². The highest BCUT2D eigenvalue weighted by Crippen LogP contribution is 2.42. The second-order valence-corrected chi connectivity index (χ2v) is 5.44. The number of aliphatic hydroxyl groups excluding tert-OH is 1. The minimum Gasteiger partial charge on any atom is -0.386 e. The van der Waals surface area contributed by atoms with Gasteiger partial charge in [0.2, 0.25) is 0 Å². The lowest BCUT2D eigenvalue weighted by Crippen LogP contribution is -2.50. The first-order valence-corrected chi connectivity index (χ1v) is 6.64. The molecule has 1 atom stereocenters. The average Bonchev–Trinajstić information content (AvgIpc) is 2.39. The summed E-state index contributed by atoms with van der Waals surface area (Å²) in [5, 5.41) is 10.8. The third-order valence-corrected chi connectivity index (χ3v) is 4.28. The summed E-state index contributed by atoms with van der Waals surface area (Å²) in [6.45, 7) is 0. The van der Waals surface area contributed by atoms with Crippen molar-refractivity contribution in [1.29, 1.82) is 0 Å². The first kappa shape index (κ1) is 13.3. The minimum absolute atomic E-state index is 0.199. The molecule has 3 N–H and O–H groups in total. The maximum absolute atomic E-state index is 10.8. The fraction of sp³-hybridized carbons (Fsp3) is 0.643. The molecular weight excluding hydrogens is 226 g/mol. The van der Waals surface area contributed by atoms with Crippen molar-refractivity contribution in [3.05, 3.63) is 23.9 Å². The Morgan fingerprint density at radius 2 is 2.00 bits per heavy atom. The molecular formula is C14H23N3O. The van der Waals surface area contributed by atoms with Gasteiger partial charge in [0.15, 0.2) is 0 Å². The number of nitrogens with zero attached hydrogens (tertiary/aromatic N) is 2. The molecule has 0 radical (unpaired) electrons. The molecule has 0 aliphatic heterocycles. The predicted molar refractivity (Wildman–Crippen MR) is 73.1 cm³/mol. The molecule has 1 saturated carbocycles. The molecule has 1 fully saturated rings. The lowest BCUT2D eigenvalue weighted by Gasteiger charge is -2.46. The van der Waals surface area contributed by atoms with Crippen LogP contribution < -0.4 is 5.73 Å². The molecule has 0 amide bonds. The Morgan fingerprint density at radius 1 is 1.33 bits per heavy atom. The van der Waals surface area contributed by atoms with Gasteiger partial charge < -0.3 is 15.7 Å². The van der Waals surface area contributed by atoms with Crippen molar-refractivity contribution in [3.8, 4) is 0 Å². The summed E-state index contributed by atoms with van der Waals surface area (Å²) in [6, 6.07) is 3.72. The number of aromatic nitrogens is 1. The van der Waals surface area contributed by atoms with E-state index in [4.69, 9.17) is 5.73 Å². The molecule has 4 nitrogen and oxygen atoms in total. The van der Waals surface area contributed by atoms with Gasteiger partial charge >= 0.3 is 0 Å². The molecule has 0 aromatic carbocycles. The first-order chi connectivity index (χ1) is 8.58. The van der Waals surface area contributed by atoms with Crippen LogP contribution in [0.4, 0.5) is 5.82 Å². The predicted octanol–water partition coefficient (Wildman–Crippen LogP) is 1.96. The van der Waals surface area contributed by atoms with Gasteiger partial charge in [-0.15, -0.1) is 0 Å². The van der Waals surface area contributed by atoms with E-state index < -0.39 is 6.10 Å². The van der Waals surface area contributed by atoms with Crippen molar-refractivity contribution in [2.24, 2.45) is 0 Å². The van der Waals surface area contributed by atoms with E-state index >= 15 is 0 Å². The van der Waals surface area contributed by atoms with Crippen LogP contribution in [0.25, 0.3) is 0 Å². The minimum atomic E-state index is -0.568. The number of nitrogen functional groups attached to an aromatic ring is 1. The van der Waals surface area contributed by atoms with Gasteiger partial charge in [-0.05, 0) is 33.0 Å². The SMILES string of the molecule is CN(C)C1(C(O)c2cccnc2N)CCCCC1. The standard InChI is InChI=1S/C14H23N3O/c1-17(2)14(8-4-3-5-9-14)12(18)11-7-6-10-16-13(11)15/h6-7,10,12,18H,3-5,8-9H2,1-2H3,(H2,15,16). The van der Waals surface area contributed by atoms with Gasteiger partial charge in [0.25, 0.3) is 0 Å². The van der Waals surface area contributed by atoms with E-state index in [1.807, 2.05) is 26.2 Å². The number of nitrogens with two attached hydrogens (primary N) is 1. The summed E-state index contributed by atoms with van der Waals surface area (Å²) < 4.78 is 0. The summed E-state index contributed by atoms with van der Waals surface area (Å²) in [6.07, 6.45) is 6.69. The van der Waals surface area contributed by atoms with Crippen molar-refractivity contribution >= 4 is 5.82 Å². The van der Waals surface area contributed by atoms with Crippen LogP contribution in [0.3, 0.4) is 0 Å². The number of rotatable bonds is 3. The van der Waals surface area contributed by atoms with Gasteiger partial charge in [-0.3, -0.25) is 0 Å². The molecule has 18 heavy (non-hydrogen) atoms. The third-order valence-electron chi connectivity index (χ3n) is 4.28. The van der Waals surface area contributed by atoms with Crippen LogP contribution in [-0.4, -0.2) is 34.6 Å². The number of likely N-dealkylation sites (N-methyl/N-ethyl adjacent to an activating group) is 1. The summed E-state index contributed by atoms with van der Waals surface area (Å²) in [4.78, 5) is 6.24. The fourth-order valence-electron chi connectivity index (χ4n) is 3.08. The van der Waals surface area contributed by atoms with Crippen molar-refractivity contribution < 1.29 is 5.11 Å². The lowest BCUT2D eigenvalue weighted by atomic mass is 9.74. The van der Waals surface area contributed by atoms with Gasteiger partial charge in [0.05, 0.1) is 5.54 Å². The zero-order valence-electron chi connectivity index (χ0n) is 11.3. The number of aliphatic hydroxyl groups is 1. The summed E-state index contributed by atoms with van der Waals surface area (Å²) in [5.41, 5.74) is 6.46. The summed E-state index contributed by atoms with van der Waals surface area (Å²) >= 11 is 0. The second-order valence-electron chi connectivity index (χ2n) is 5.44. The highest BCUT2D eigenvalue weighted by atomic mass is 16.3. The molecule has 1 heterocycles. The summed E-state index contributed by atoms with van der Waals surface area (Å²) in [7, 11) is 4.09. The molecule has 1 aromatic heterocycles. The second kappa shape index (κ2) is 5.24. The quantitative estimate of drug-likeness (QED) is 0.859. The van der Waals surface area contributed by atoms with E-state index in [0.717, 1.165) is 31.2 Å². The van der Waals surface area contributed by atoms with Gasteiger partial charge in [-0.1, -0.05) is 25.3 Å². The van der Waals surface area contributed by atoms with Gasteiger partial charge in [-0.2, -0.15) is 0 Å². The molecule has 1 aliphatic carbocycles. The number of anilines is 1. The molecule has 4 heteroatoms. The maximum atomic E-state index is 10.8. The van der Waals surface area contributed by atoms with Crippen LogP contribution >= 0.6 is 0 Å². The number of hydrogen-bond donors (Lipinski definition) is 2. The van der Waals surface area contributed by atoms with Crippen LogP contribution in [-0.2, 0) is 0 Å². The Morgan fingerprint density at radius 3 is 2.56 bits per heavy atom. The Labute approximate surface area is 109 Å². The molecule has 1 unspecified atom stereocenters. The monoisotopic (exact) mass is 249 g/mol. The molecule has 0 saturated heterocycles. The van der Waals surface area contributed by atoms with E-state index in [1.165, 1.54) is 6.42 Å². The highest BCUT2D eigenvalue weighted by molar-refractivity contribution is 5.41. The Balaban J connectivity index is 2.34. The van der Waals surface area contributed by atoms with E-state index in [2.05, 4.69) is 9.88 Å². The fourth-order valence-corrected chi connectivity index (χ4v) is 3.08. The van der Waals surface area contributed by atoms with Gasteiger partial charge in [0, 0.05) is 11.8 Å². The van der Waals surface area contributed by atoms with Crippen molar-refractivity contribution in [1.82, 2.24) is 9.88 Å². The highest BCUT2D eigenvalue weighted by Gasteiger charge is 2.42. The molecule has 2 rings (SSSR count). The van der Waals surface area contributed by atoms with Crippen LogP contribution in [0, 0.1) is 0 Å². The van der Waals surface area contributed by atoms with E-state index in [1.54, 1.807) is 6.20 Å². The number of pyridine rings is 1. The maximum Gasteiger partial charge on any atom is 0.129 e. The third kappa shape index (κ3) is 2.22. The van der Waals surface area contributed by atoms with Crippen molar-refractivity contribution in [3.63, 3.8) is 0 Å². The van der Waals surface area contributed by atoms with E-state index in [9.17, 15) is 5.11 Å². The number of hydrogen-bond acceptors (Lipinski definition) is 4. The van der Waals surface area contributed by atoms with Crippen LogP contribution in [0.2, 0.25) is 0 Å². The first-order valence-electron chi connectivity index (χ1n) is 6.64. The lowest BCUT2D eigenvalue weighted by molar-refractivity contribution is -0.0333. The van der Waals surface area contributed by atoms with Crippen molar-refractivity contribution in [2.75, 3.05) is 19.8 Å². The Kier molecular flexibility index (Phi) is 3.88.